The van der Waals surface area contributed by atoms with Crippen molar-refractivity contribution in [3.8, 4) is 0 Å². The molecule has 2 N–H and O–H groups in total. The van der Waals surface area contributed by atoms with Crippen LogP contribution < -0.4 is 5.32 Å². The molecule has 0 amide bonds. The van der Waals surface area contributed by atoms with Crippen LogP contribution in [0, 0.1) is 17.5 Å². The highest BCUT2D eigenvalue weighted by atomic mass is 19.2. The summed E-state index contributed by atoms with van der Waals surface area (Å²) in [5.41, 5.74) is 1.34. The molecular weight excluding hydrogens is 255 g/mol. The van der Waals surface area contributed by atoms with Gasteiger partial charge in [0, 0.05) is 18.7 Å². The Morgan fingerprint density at radius 2 is 1.58 bits per heavy atom. The molecule has 0 aromatic heterocycles. The fraction of sp³-hybridized carbons (Fsp3) is 0.143. The highest BCUT2D eigenvalue weighted by Gasteiger charge is 2.10. The minimum absolute atomic E-state index is 0.0581. The zero-order valence-electron chi connectivity index (χ0n) is 9.96. The Morgan fingerprint density at radius 3 is 2.21 bits per heavy atom. The number of aliphatic hydroxyl groups is 1. The Bertz CT molecular complexity index is 570. The van der Waals surface area contributed by atoms with E-state index < -0.39 is 17.5 Å². The molecule has 0 aliphatic carbocycles. The van der Waals surface area contributed by atoms with Crippen molar-refractivity contribution in [3.05, 3.63) is 65.0 Å². The maximum atomic E-state index is 13.4. The molecule has 0 saturated carbocycles. The molecule has 0 radical (unpaired) electrons. The lowest BCUT2D eigenvalue weighted by molar-refractivity contribution is 0.282. The van der Waals surface area contributed by atoms with Gasteiger partial charge in [0.15, 0.2) is 11.6 Å². The number of nitrogens with one attached hydrogen (secondary N) is 1. The third-order valence-electron chi connectivity index (χ3n) is 2.68. The second-order valence-electron chi connectivity index (χ2n) is 4.08. The van der Waals surface area contributed by atoms with Crippen LogP contribution in [0.1, 0.15) is 11.1 Å². The van der Waals surface area contributed by atoms with Crippen LogP contribution in [0.15, 0.2) is 36.4 Å². The first-order chi connectivity index (χ1) is 9.10. The molecule has 0 aliphatic rings. The van der Waals surface area contributed by atoms with Gasteiger partial charge < -0.3 is 10.4 Å². The average molecular weight is 267 g/mol. The summed E-state index contributed by atoms with van der Waals surface area (Å²) in [7, 11) is 0. The van der Waals surface area contributed by atoms with Crippen molar-refractivity contribution < 1.29 is 18.3 Å². The van der Waals surface area contributed by atoms with Crippen molar-refractivity contribution in [3.63, 3.8) is 0 Å². The van der Waals surface area contributed by atoms with E-state index >= 15 is 0 Å². The molecule has 0 atom stereocenters. The largest absolute Gasteiger partial charge is 0.392 e. The van der Waals surface area contributed by atoms with E-state index in [1.54, 1.807) is 24.3 Å². The van der Waals surface area contributed by atoms with Gasteiger partial charge in [0.1, 0.15) is 5.82 Å². The van der Waals surface area contributed by atoms with Crippen molar-refractivity contribution in [2.75, 3.05) is 5.32 Å². The van der Waals surface area contributed by atoms with Gasteiger partial charge in [0.05, 0.1) is 12.3 Å². The van der Waals surface area contributed by atoms with E-state index in [1.807, 2.05) is 0 Å². The van der Waals surface area contributed by atoms with Crippen molar-refractivity contribution in [2.24, 2.45) is 0 Å². The number of anilines is 1. The Labute approximate surface area is 108 Å². The molecule has 0 fully saturated rings. The topological polar surface area (TPSA) is 32.3 Å². The molecule has 0 saturated heterocycles. The van der Waals surface area contributed by atoms with Gasteiger partial charge in [-0.05, 0) is 11.1 Å². The highest BCUT2D eigenvalue weighted by molar-refractivity contribution is 5.46. The minimum atomic E-state index is -1.22. The predicted molar refractivity (Wildman–Crippen MR) is 66.0 cm³/mol. The van der Waals surface area contributed by atoms with Crippen LogP contribution in [0.25, 0.3) is 0 Å². The molecule has 2 nitrogen and oxygen atoms in total. The van der Waals surface area contributed by atoms with E-state index in [0.29, 0.717) is 6.07 Å². The Kier molecular flexibility index (Phi) is 4.06. The average Bonchev–Trinajstić information content (AvgIpc) is 2.41. The van der Waals surface area contributed by atoms with Crippen LogP contribution in [0.2, 0.25) is 0 Å². The first-order valence-electron chi connectivity index (χ1n) is 5.67. The van der Waals surface area contributed by atoms with E-state index in [4.69, 9.17) is 5.11 Å². The summed E-state index contributed by atoms with van der Waals surface area (Å²) >= 11 is 0. The van der Waals surface area contributed by atoms with Gasteiger partial charge >= 0.3 is 0 Å². The lowest BCUT2D eigenvalue weighted by atomic mass is 10.1. The monoisotopic (exact) mass is 267 g/mol. The van der Waals surface area contributed by atoms with Gasteiger partial charge in [-0.1, -0.05) is 24.3 Å². The van der Waals surface area contributed by atoms with Crippen LogP contribution in [-0.2, 0) is 13.2 Å². The number of benzene rings is 2. The van der Waals surface area contributed by atoms with Crippen LogP contribution >= 0.6 is 0 Å². The number of halogens is 3. The summed E-state index contributed by atoms with van der Waals surface area (Å²) in [6.07, 6.45) is 0. The van der Waals surface area contributed by atoms with Gasteiger partial charge in [0.25, 0.3) is 0 Å². The van der Waals surface area contributed by atoms with Crippen molar-refractivity contribution in [1.82, 2.24) is 0 Å². The minimum Gasteiger partial charge on any atom is -0.392 e. The van der Waals surface area contributed by atoms with Crippen molar-refractivity contribution in [1.29, 1.82) is 0 Å². The second-order valence-corrected chi connectivity index (χ2v) is 4.08. The van der Waals surface area contributed by atoms with Crippen LogP contribution in [0.4, 0.5) is 18.9 Å². The molecule has 0 aliphatic heterocycles. The third-order valence-corrected chi connectivity index (χ3v) is 2.68. The van der Waals surface area contributed by atoms with Crippen molar-refractivity contribution >= 4 is 5.69 Å². The lowest BCUT2D eigenvalue weighted by Crippen LogP contribution is -2.03. The molecule has 19 heavy (non-hydrogen) atoms. The van der Waals surface area contributed by atoms with Gasteiger partial charge in [-0.3, -0.25) is 0 Å². The number of hydrogen-bond acceptors (Lipinski definition) is 2. The van der Waals surface area contributed by atoms with Gasteiger partial charge in [-0.2, -0.15) is 0 Å². The van der Waals surface area contributed by atoms with Gasteiger partial charge in [-0.25, -0.2) is 13.2 Å². The molecule has 2 aromatic carbocycles. The maximum Gasteiger partial charge on any atom is 0.182 e. The third kappa shape index (κ3) is 3.26. The second kappa shape index (κ2) is 5.75. The lowest BCUT2D eigenvalue weighted by Gasteiger charge is -2.09. The number of rotatable bonds is 4. The number of aliphatic hydroxyl groups excluding tert-OH is 1. The molecule has 0 unspecified atom stereocenters. The summed E-state index contributed by atoms with van der Waals surface area (Å²) in [6, 6.07) is 8.33. The normalized spacial score (nSPS) is 10.5. The highest BCUT2D eigenvalue weighted by Crippen LogP contribution is 2.20. The quantitative estimate of drug-likeness (QED) is 0.834. The fourth-order valence-electron chi connectivity index (χ4n) is 1.64. The van der Waals surface area contributed by atoms with Crippen molar-refractivity contribution in [2.45, 2.75) is 13.2 Å². The zero-order chi connectivity index (χ0) is 13.8. The summed E-state index contributed by atoms with van der Waals surface area (Å²) in [5, 5.41) is 11.5. The van der Waals surface area contributed by atoms with Crippen LogP contribution in [0.3, 0.4) is 0 Å². The van der Waals surface area contributed by atoms with E-state index in [0.717, 1.165) is 17.2 Å². The fourth-order valence-corrected chi connectivity index (χ4v) is 1.64. The summed E-state index contributed by atoms with van der Waals surface area (Å²) < 4.78 is 39.3. The SMILES string of the molecule is OCc1ccc(CNc2cc(F)cc(F)c2F)cc1. The smallest absolute Gasteiger partial charge is 0.182 e. The zero-order valence-corrected chi connectivity index (χ0v) is 9.96. The molecule has 0 heterocycles. The first kappa shape index (κ1) is 13.4. The van der Waals surface area contributed by atoms with E-state index in [-0.39, 0.29) is 18.8 Å². The summed E-state index contributed by atoms with van der Waals surface area (Å²) in [6.45, 7) is 0.170. The Morgan fingerprint density at radius 1 is 0.947 bits per heavy atom. The molecule has 100 valence electrons. The van der Waals surface area contributed by atoms with E-state index in [9.17, 15) is 13.2 Å². The Hall–Kier alpha value is -2.01. The molecule has 0 spiro atoms. The van der Waals surface area contributed by atoms with E-state index in [2.05, 4.69) is 5.32 Å². The van der Waals surface area contributed by atoms with E-state index in [1.165, 1.54) is 0 Å². The first-order valence-corrected chi connectivity index (χ1v) is 5.67. The summed E-state index contributed by atoms with van der Waals surface area (Å²) in [4.78, 5) is 0. The Balaban J connectivity index is 2.09. The van der Waals surface area contributed by atoms with Crippen LogP contribution in [0.5, 0.6) is 0 Å². The molecular formula is C14H12F3NO. The maximum absolute atomic E-state index is 13.4. The number of hydrogen-bond donors (Lipinski definition) is 2. The molecule has 5 heteroatoms. The van der Waals surface area contributed by atoms with Gasteiger partial charge in [0.2, 0.25) is 0 Å². The van der Waals surface area contributed by atoms with Gasteiger partial charge in [-0.15, -0.1) is 0 Å². The standard InChI is InChI=1S/C14H12F3NO/c15-11-5-12(16)14(17)13(6-11)18-7-9-1-3-10(8-19)4-2-9/h1-6,18-19H,7-8H2. The molecule has 2 aromatic rings. The summed E-state index contributed by atoms with van der Waals surface area (Å²) in [5.74, 6) is -3.16. The predicted octanol–water partition coefficient (Wildman–Crippen LogP) is 3.21. The van der Waals surface area contributed by atoms with Crippen LogP contribution in [-0.4, -0.2) is 5.11 Å². The molecule has 2 rings (SSSR count). The molecule has 0 bridgehead atoms.